The Balaban J connectivity index is 0.000000222. The first-order chi connectivity index (χ1) is 68.9. The number of halogens is 3. The van der Waals surface area contributed by atoms with E-state index in [4.69, 9.17) is 27.5 Å². The maximum atomic E-state index is 13.4. The van der Waals surface area contributed by atoms with Gasteiger partial charge in [-0.05, 0) is 249 Å². The van der Waals surface area contributed by atoms with Crippen molar-refractivity contribution >= 4 is 85.0 Å². The van der Waals surface area contributed by atoms with E-state index in [0.717, 1.165) is 163 Å². The summed E-state index contributed by atoms with van der Waals surface area (Å²) in [7, 11) is 0. The quantitative estimate of drug-likeness (QED) is 0.00803. The van der Waals surface area contributed by atoms with Crippen molar-refractivity contribution in [2.75, 3.05) is 72.1 Å². The molecule has 6 aliphatic rings. The van der Waals surface area contributed by atoms with E-state index in [-0.39, 0.29) is 118 Å². The molecule has 3 radical (unpaired) electrons. The Labute approximate surface area is 869 Å². The molecule has 4 aliphatic heterocycles. The van der Waals surface area contributed by atoms with Crippen molar-refractivity contribution in [1.29, 1.82) is 0 Å². The minimum Gasteiger partial charge on any atom is -1.00 e. The molecule has 4 aromatic heterocycles. The van der Waals surface area contributed by atoms with E-state index >= 15 is 0 Å². The summed E-state index contributed by atoms with van der Waals surface area (Å²) in [4.78, 5) is 175. The first-order valence-corrected chi connectivity index (χ1v) is 49.2. The Morgan fingerprint density at radius 3 is 0.979 bits per heavy atom. The van der Waals surface area contributed by atoms with E-state index in [2.05, 4.69) is 71.2 Å². The number of hydrogen-bond acceptors (Lipinski definition) is 23. The van der Waals surface area contributed by atoms with Gasteiger partial charge in [0.1, 0.15) is 42.1 Å². The summed E-state index contributed by atoms with van der Waals surface area (Å²) in [6, 6.07) is 46.0. The predicted octanol–water partition coefficient (Wildman–Crippen LogP) is 11.1. The number of amides is 8. The molecule has 144 heavy (non-hydrogen) atoms. The molecule has 4 saturated heterocycles. The van der Waals surface area contributed by atoms with E-state index in [1.54, 1.807) is 169 Å². The van der Waals surface area contributed by atoms with Crippen molar-refractivity contribution < 1.29 is 107 Å². The molecule has 6 aromatic carbocycles. The van der Waals surface area contributed by atoms with Crippen molar-refractivity contribution in [2.45, 2.75) is 203 Å². The van der Waals surface area contributed by atoms with Crippen LogP contribution >= 0.6 is 11.6 Å². The predicted molar refractivity (Wildman–Crippen MR) is 541 cm³/mol. The van der Waals surface area contributed by atoms with Gasteiger partial charge in [0.05, 0.1) is 6.61 Å². The maximum absolute atomic E-state index is 13.4. The van der Waals surface area contributed by atoms with E-state index < -0.39 is 41.5 Å². The molecule has 16 rings (SSSR count). The molecule has 755 valence electrons. The Morgan fingerprint density at radius 1 is 0.431 bits per heavy atom. The van der Waals surface area contributed by atoms with E-state index in [1.807, 2.05) is 60.0 Å². The molecule has 37 heteroatoms. The number of rotatable bonds is 34. The molecule has 0 unspecified atom stereocenters. The number of carboxylic acids is 1. The van der Waals surface area contributed by atoms with Crippen LogP contribution in [0.4, 0.5) is 13.6 Å². The van der Waals surface area contributed by atoms with Gasteiger partial charge in [0.15, 0.2) is 23.3 Å². The third-order valence-corrected chi connectivity index (χ3v) is 24.8. The molecule has 0 bridgehead atoms. The molecule has 6 fully saturated rings. The molecule has 8 atom stereocenters. The fourth-order valence-electron chi connectivity index (χ4n) is 16.6. The molecule has 10 aromatic rings. The number of aliphatic hydroxyl groups is 1. The summed E-state index contributed by atoms with van der Waals surface area (Å²) in [6.07, 6.45) is 31.1. The van der Waals surface area contributed by atoms with Crippen LogP contribution in [0.2, 0.25) is 0 Å². The third-order valence-electron chi connectivity index (χ3n) is 24.7. The number of carboxylic acid groups (broad SMARTS) is 1. The van der Waals surface area contributed by atoms with Gasteiger partial charge in [-0.25, -0.2) is 53.4 Å². The van der Waals surface area contributed by atoms with Crippen LogP contribution < -0.4 is 61.9 Å². The molecule has 32 nitrogen and oxygen atoms in total. The number of nitrogens with one attached hydrogen (secondary N) is 5. The number of ether oxygens (including phenoxy) is 1. The van der Waals surface area contributed by atoms with Gasteiger partial charge in [0, 0.05) is 210 Å². The summed E-state index contributed by atoms with van der Waals surface area (Å²) in [5.74, 6) is 0.512. The number of piperidine rings is 4. The van der Waals surface area contributed by atoms with Gasteiger partial charge in [-0.2, -0.15) is 0 Å². The number of aromatic nitrogens is 8. The van der Waals surface area contributed by atoms with Crippen molar-refractivity contribution in [3.05, 3.63) is 264 Å². The van der Waals surface area contributed by atoms with Crippen molar-refractivity contribution in [1.82, 2.24) is 86.1 Å². The van der Waals surface area contributed by atoms with Crippen molar-refractivity contribution in [2.24, 2.45) is 11.7 Å². The summed E-state index contributed by atoms with van der Waals surface area (Å²) in [5, 5.41) is 33.1. The Hall–Kier alpha value is -12.9. The topological polar surface area (TPSA) is 440 Å². The molecule has 0 spiro atoms. The van der Waals surface area contributed by atoms with Crippen LogP contribution in [-0.2, 0) is 33.5 Å². The minimum absolute atomic E-state index is 0. The molecular formula is C107H128BClF2N18NaO14. The zero-order valence-corrected chi connectivity index (χ0v) is 84.6. The number of aliphatic carboxylic acids is 1. The summed E-state index contributed by atoms with van der Waals surface area (Å²) in [6.45, 7) is 10.7. The number of nitrogens with two attached hydrogens (primary N) is 1. The normalized spacial score (nSPS) is 16.7. The summed E-state index contributed by atoms with van der Waals surface area (Å²) < 4.78 is 30.1. The van der Waals surface area contributed by atoms with Crippen LogP contribution in [0.3, 0.4) is 0 Å². The van der Waals surface area contributed by atoms with E-state index in [1.165, 1.54) is 29.8 Å². The Kier molecular flexibility index (Phi) is 48.8. The second-order valence-electron chi connectivity index (χ2n) is 35.9. The maximum Gasteiger partial charge on any atom is 1.00 e. The molecular weight excluding hydrogens is 1870 g/mol. The van der Waals surface area contributed by atoms with Crippen LogP contribution in [0, 0.1) is 17.6 Å². The van der Waals surface area contributed by atoms with Gasteiger partial charge in [-0.15, -0.1) is 0 Å². The Morgan fingerprint density at radius 2 is 0.715 bits per heavy atom. The van der Waals surface area contributed by atoms with Gasteiger partial charge in [-0.1, -0.05) is 86.6 Å². The minimum atomic E-state index is -0.997. The zero-order chi connectivity index (χ0) is 101. The van der Waals surface area contributed by atoms with Crippen LogP contribution in [0.1, 0.15) is 221 Å². The number of hydrogen-bond donors (Lipinski definition) is 8. The number of carbonyl (C=O) groups is 11. The van der Waals surface area contributed by atoms with E-state index in [9.17, 15) is 61.5 Å². The molecule has 8 amide bonds. The smallest absolute Gasteiger partial charge is 1.00 e. The summed E-state index contributed by atoms with van der Waals surface area (Å²) >= 11 is 4.86. The molecule has 9 N–H and O–H groups in total. The number of aliphatic hydroxyl groups excluding tert-OH is 1. The molecule has 2 saturated carbocycles. The van der Waals surface area contributed by atoms with Gasteiger partial charge < -0.3 is 73.1 Å². The van der Waals surface area contributed by atoms with Crippen molar-refractivity contribution in [3.8, 4) is 45.6 Å². The zero-order valence-electron chi connectivity index (χ0n) is 82.8. The number of likely N-dealkylation sites (tertiary alicyclic amines) is 4. The Bertz CT molecular complexity index is 5650. The third kappa shape index (κ3) is 38.0. The molecule has 8 heterocycles. The first kappa shape index (κ1) is 115. The van der Waals surface area contributed by atoms with Crippen LogP contribution in [0.5, 0.6) is 0 Å². The average molecular weight is 2000 g/mol. The second kappa shape index (κ2) is 61.3. The average Bonchev–Trinajstić information content (AvgIpc) is 1.58. The first-order valence-electron chi connectivity index (χ1n) is 48.9. The fourth-order valence-corrected chi connectivity index (χ4v) is 16.7. The van der Waals surface area contributed by atoms with Crippen LogP contribution in [0.15, 0.2) is 219 Å². The van der Waals surface area contributed by atoms with Crippen LogP contribution in [0.25, 0.3) is 45.6 Å². The number of aldehydes is 1. The standard InChI is InChI=1S/C30H34FN5O2.C21H24N4O4.C21H26N4O3.C21H24N4O3.C9H10FN.C5H9ClO2.B.Na.H/c31-24-13-11-21(12-14-24)25-20-27(25)32-15-4-6-26(30(38)36-18-2-1-3-19-36)35-29(37)23-9-7-22(8-10-23)28-33-16-5-17-34-28;26-18(27)10-9-17(21(29)25-13-2-1-3-14-25)24-20(28)16-7-5-15(6-8-16)19-22-11-4-12-23-19;2*26-15-4-6-18(21(28)25-13-2-1-3-14-25)24-20(27)17-9-7-16(8-10-17)19-22-11-5-12-23-19;10-7-3-1-6(2-4-7)8-5-9(8)11;1-4(2)3-8-5(6)7;;;/h5,7-14,16-17,25-27,32H,1-4,6,15,18-20H2,(H,35,37);4-8,11-12,17H,1-3,9-10,13-14H2,(H,24,28)(H,26,27);5,7-12,18,26H,1-4,6,13-15H2,(H,24,27);5,7-12,15,18H,1-4,6,13-14H2,(H,24,27);1-4,8-9H,5,11H2;4H,3H2,1-2H3;;;/q;;;;;;;+1;-1/t25-,26-,27+;17-;2*18-;8-,9+;;;;/m00000..../s1. The number of carbonyl (C=O) groups excluding carboxylic acids is 10. The van der Waals surface area contributed by atoms with Gasteiger partial charge in [-0.3, -0.25) is 43.2 Å². The monoisotopic (exact) mass is 2000 g/mol. The van der Waals surface area contributed by atoms with Crippen LogP contribution in [-0.4, -0.2) is 251 Å². The van der Waals surface area contributed by atoms with Gasteiger partial charge in [0.2, 0.25) is 23.6 Å². The summed E-state index contributed by atoms with van der Waals surface area (Å²) in [5.41, 5.74) is 12.3. The second-order valence-corrected chi connectivity index (χ2v) is 36.2. The van der Waals surface area contributed by atoms with Crippen molar-refractivity contribution in [3.63, 3.8) is 0 Å². The number of benzene rings is 6. The largest absolute Gasteiger partial charge is 1.00 e. The SMILES string of the molecule is CC(C)COC(=O)Cl.N[C@@H]1C[C@H]1c1ccc(F)cc1.O=C(N[C@@H](CCCN[C@@H]1C[C@H]1c1ccc(F)cc1)C(=O)N1CCCCC1)c1ccc(-c2ncccn2)cc1.O=C(N[C@@H](CCCO)C(=O)N1CCCCC1)c1ccc(-c2ncccn2)cc1.O=C(O)CC[C@H](NC(=O)c1ccc(-c2ncccn2)cc1)C(=O)N1CCCCC1.O=CCC[C@H](NC(=O)c1ccc(-c2ncccn2)cc1)C(=O)N1CCCCC1.[B].[H-].[Na+]. The van der Waals surface area contributed by atoms with Gasteiger partial charge in [0.25, 0.3) is 23.6 Å². The number of nitrogens with zero attached hydrogens (tertiary/aromatic N) is 12. The van der Waals surface area contributed by atoms with Gasteiger partial charge >= 0.3 is 41.0 Å². The molecule has 2 aliphatic carbocycles. The van der Waals surface area contributed by atoms with E-state index in [0.29, 0.717) is 134 Å². The fraction of sp³-hybridized carbons (Fsp3) is 0.411.